The molecule has 2 aliphatic rings. The summed E-state index contributed by atoms with van der Waals surface area (Å²) in [5.74, 6) is -1.02. The summed E-state index contributed by atoms with van der Waals surface area (Å²) in [7, 11) is 0. The van der Waals surface area contributed by atoms with Crippen LogP contribution in [0.15, 0.2) is 42.5 Å². The molecule has 5 nitrogen and oxygen atoms in total. The lowest BCUT2D eigenvalue weighted by molar-refractivity contribution is -0.119. The van der Waals surface area contributed by atoms with Gasteiger partial charge in [0.1, 0.15) is 6.54 Å². The summed E-state index contributed by atoms with van der Waals surface area (Å²) in [5.41, 5.74) is 3.65. The van der Waals surface area contributed by atoms with Gasteiger partial charge in [-0.05, 0) is 44.0 Å². The molecule has 0 saturated carbocycles. The van der Waals surface area contributed by atoms with Crippen LogP contribution in [-0.2, 0) is 11.2 Å². The standard InChI is InChI=1S/C20H18N2O3/c1-12-7-8-15-16(9-12)20(25)21(19(15)24)11-18(23)22-13(2)10-14-5-3-4-6-17(14)22/h3-9,13H,10-11H2,1-2H3. The van der Waals surface area contributed by atoms with Crippen molar-refractivity contribution in [3.8, 4) is 0 Å². The zero-order chi connectivity index (χ0) is 17.7. The van der Waals surface area contributed by atoms with Crippen LogP contribution in [0.4, 0.5) is 5.69 Å². The van der Waals surface area contributed by atoms with Gasteiger partial charge in [-0.1, -0.05) is 29.8 Å². The number of hydrogen-bond acceptors (Lipinski definition) is 3. The molecule has 0 bridgehead atoms. The van der Waals surface area contributed by atoms with E-state index in [1.165, 1.54) is 0 Å². The molecule has 126 valence electrons. The molecule has 2 aromatic carbocycles. The highest BCUT2D eigenvalue weighted by Crippen LogP contribution is 2.32. The molecule has 2 heterocycles. The Morgan fingerprint density at radius 1 is 1.08 bits per heavy atom. The number of imide groups is 1. The number of fused-ring (bicyclic) bond motifs is 2. The zero-order valence-electron chi connectivity index (χ0n) is 14.2. The SMILES string of the molecule is Cc1ccc2c(c1)C(=O)N(CC(=O)N1c3ccccc3CC1C)C2=O. The Kier molecular flexibility index (Phi) is 3.46. The van der Waals surface area contributed by atoms with Crippen molar-refractivity contribution in [1.29, 1.82) is 0 Å². The fourth-order valence-electron chi connectivity index (χ4n) is 3.71. The van der Waals surface area contributed by atoms with E-state index in [-0.39, 0.29) is 18.5 Å². The van der Waals surface area contributed by atoms with Crippen molar-refractivity contribution >= 4 is 23.4 Å². The fourth-order valence-corrected chi connectivity index (χ4v) is 3.71. The topological polar surface area (TPSA) is 57.7 Å². The van der Waals surface area contributed by atoms with Gasteiger partial charge in [0.05, 0.1) is 11.1 Å². The molecule has 0 aromatic heterocycles. The summed E-state index contributed by atoms with van der Waals surface area (Å²) in [5, 5.41) is 0. The number of aryl methyl sites for hydroxylation is 1. The number of anilines is 1. The van der Waals surface area contributed by atoms with Crippen molar-refractivity contribution in [2.75, 3.05) is 11.4 Å². The zero-order valence-corrected chi connectivity index (χ0v) is 14.2. The first-order valence-corrected chi connectivity index (χ1v) is 8.34. The van der Waals surface area contributed by atoms with Crippen LogP contribution >= 0.6 is 0 Å². The fraction of sp³-hybridized carbons (Fsp3) is 0.250. The molecule has 0 fully saturated rings. The van der Waals surface area contributed by atoms with Crippen LogP contribution in [0.25, 0.3) is 0 Å². The van der Waals surface area contributed by atoms with Crippen molar-refractivity contribution in [1.82, 2.24) is 4.90 Å². The van der Waals surface area contributed by atoms with Crippen molar-refractivity contribution < 1.29 is 14.4 Å². The van der Waals surface area contributed by atoms with Gasteiger partial charge in [0.25, 0.3) is 11.8 Å². The van der Waals surface area contributed by atoms with E-state index >= 15 is 0 Å². The maximum absolute atomic E-state index is 12.9. The first-order valence-electron chi connectivity index (χ1n) is 8.34. The van der Waals surface area contributed by atoms with Crippen molar-refractivity contribution in [3.05, 3.63) is 64.7 Å². The van der Waals surface area contributed by atoms with Crippen LogP contribution in [0, 0.1) is 6.92 Å². The largest absolute Gasteiger partial charge is 0.307 e. The number of amides is 3. The van der Waals surface area contributed by atoms with E-state index < -0.39 is 11.8 Å². The molecule has 1 atom stereocenters. The number of nitrogens with zero attached hydrogens (tertiary/aromatic N) is 2. The third kappa shape index (κ3) is 2.35. The molecular weight excluding hydrogens is 316 g/mol. The summed E-state index contributed by atoms with van der Waals surface area (Å²) in [6.45, 7) is 3.61. The Morgan fingerprint density at radius 2 is 1.80 bits per heavy atom. The average Bonchev–Trinajstić information content (AvgIpc) is 3.04. The number of carbonyl (C=O) groups is 3. The van der Waals surface area contributed by atoms with Crippen LogP contribution in [0.1, 0.15) is 38.8 Å². The molecule has 0 saturated heterocycles. The van der Waals surface area contributed by atoms with E-state index in [0.29, 0.717) is 11.1 Å². The molecule has 3 amide bonds. The maximum atomic E-state index is 12.9. The third-order valence-corrected chi connectivity index (χ3v) is 4.90. The third-order valence-electron chi connectivity index (χ3n) is 4.90. The van der Waals surface area contributed by atoms with Gasteiger partial charge >= 0.3 is 0 Å². The molecule has 2 aliphatic heterocycles. The summed E-state index contributed by atoms with van der Waals surface area (Å²) in [4.78, 5) is 40.7. The number of rotatable bonds is 2. The minimum Gasteiger partial charge on any atom is -0.307 e. The lowest BCUT2D eigenvalue weighted by Crippen LogP contribution is -2.45. The Bertz CT molecular complexity index is 919. The number of benzene rings is 2. The lowest BCUT2D eigenvalue weighted by Gasteiger charge is -2.25. The predicted molar refractivity (Wildman–Crippen MR) is 93.6 cm³/mol. The normalized spacial score (nSPS) is 18.6. The average molecular weight is 334 g/mol. The van der Waals surface area contributed by atoms with E-state index in [1.807, 2.05) is 38.1 Å². The summed E-state index contributed by atoms with van der Waals surface area (Å²) >= 11 is 0. The summed E-state index contributed by atoms with van der Waals surface area (Å²) < 4.78 is 0. The smallest absolute Gasteiger partial charge is 0.262 e. The van der Waals surface area contributed by atoms with Crippen molar-refractivity contribution in [2.24, 2.45) is 0 Å². The Balaban J connectivity index is 1.60. The second-order valence-corrected chi connectivity index (χ2v) is 6.69. The number of hydrogen-bond donors (Lipinski definition) is 0. The van der Waals surface area contributed by atoms with E-state index in [9.17, 15) is 14.4 Å². The molecule has 2 aromatic rings. The van der Waals surface area contributed by atoms with E-state index in [0.717, 1.165) is 28.1 Å². The highest BCUT2D eigenvalue weighted by molar-refractivity contribution is 6.23. The second-order valence-electron chi connectivity index (χ2n) is 6.69. The first-order chi connectivity index (χ1) is 12.0. The van der Waals surface area contributed by atoms with Crippen molar-refractivity contribution in [3.63, 3.8) is 0 Å². The van der Waals surface area contributed by atoms with E-state index in [2.05, 4.69) is 0 Å². The highest BCUT2D eigenvalue weighted by atomic mass is 16.2. The molecule has 5 heteroatoms. The van der Waals surface area contributed by atoms with Gasteiger partial charge in [-0.3, -0.25) is 19.3 Å². The quantitative estimate of drug-likeness (QED) is 0.793. The highest BCUT2D eigenvalue weighted by Gasteiger charge is 2.39. The molecular formula is C20H18N2O3. The van der Waals surface area contributed by atoms with Gasteiger partial charge in [-0.2, -0.15) is 0 Å². The van der Waals surface area contributed by atoms with Gasteiger partial charge < -0.3 is 4.90 Å². The van der Waals surface area contributed by atoms with Crippen LogP contribution < -0.4 is 4.90 Å². The van der Waals surface area contributed by atoms with Crippen LogP contribution in [0.5, 0.6) is 0 Å². The van der Waals surface area contributed by atoms with Gasteiger partial charge in [0.15, 0.2) is 0 Å². The Labute approximate surface area is 145 Å². The van der Waals surface area contributed by atoms with Crippen LogP contribution in [-0.4, -0.2) is 35.2 Å². The summed E-state index contributed by atoms with van der Waals surface area (Å²) in [6.07, 6.45) is 0.781. The molecule has 0 aliphatic carbocycles. The lowest BCUT2D eigenvalue weighted by atomic mass is 10.1. The Morgan fingerprint density at radius 3 is 2.60 bits per heavy atom. The molecule has 1 unspecified atom stereocenters. The summed E-state index contributed by atoms with van der Waals surface area (Å²) in [6, 6.07) is 12.9. The van der Waals surface area contributed by atoms with Gasteiger partial charge in [0.2, 0.25) is 5.91 Å². The Hall–Kier alpha value is -2.95. The maximum Gasteiger partial charge on any atom is 0.262 e. The predicted octanol–water partition coefficient (Wildman–Crippen LogP) is 2.57. The number of carbonyl (C=O) groups excluding carboxylic acids is 3. The van der Waals surface area contributed by atoms with E-state index in [1.54, 1.807) is 23.1 Å². The van der Waals surface area contributed by atoms with Crippen molar-refractivity contribution in [2.45, 2.75) is 26.3 Å². The van der Waals surface area contributed by atoms with Crippen LogP contribution in [0.3, 0.4) is 0 Å². The van der Waals surface area contributed by atoms with E-state index in [4.69, 9.17) is 0 Å². The molecule has 0 N–H and O–H groups in total. The van der Waals surface area contributed by atoms with Gasteiger partial charge in [-0.15, -0.1) is 0 Å². The second kappa shape index (κ2) is 5.55. The monoisotopic (exact) mass is 334 g/mol. The minimum atomic E-state index is -0.395. The van der Waals surface area contributed by atoms with Gasteiger partial charge in [-0.25, -0.2) is 0 Å². The number of para-hydroxylation sites is 1. The molecule has 4 rings (SSSR count). The van der Waals surface area contributed by atoms with Gasteiger partial charge in [0, 0.05) is 11.7 Å². The molecule has 0 spiro atoms. The molecule has 25 heavy (non-hydrogen) atoms. The first kappa shape index (κ1) is 15.6. The molecule has 0 radical (unpaired) electrons. The van der Waals surface area contributed by atoms with Crippen LogP contribution in [0.2, 0.25) is 0 Å². The minimum absolute atomic E-state index is 0.0160.